The summed E-state index contributed by atoms with van der Waals surface area (Å²) in [4.78, 5) is 11.7. The molecular formula is C9H14N4O3S2. The maximum Gasteiger partial charge on any atom is 0.243 e. The highest BCUT2D eigenvalue weighted by atomic mass is 32.2. The molecule has 1 amide bonds. The van der Waals surface area contributed by atoms with Crippen molar-refractivity contribution in [3.05, 3.63) is 6.20 Å². The second kappa shape index (κ2) is 4.90. The van der Waals surface area contributed by atoms with Crippen molar-refractivity contribution in [3.63, 3.8) is 0 Å². The van der Waals surface area contributed by atoms with Crippen molar-refractivity contribution in [2.75, 3.05) is 16.8 Å². The number of sulfonamides is 1. The lowest BCUT2D eigenvalue weighted by Gasteiger charge is -2.08. The maximum absolute atomic E-state index is 11.9. The Hall–Kier alpha value is -1.06. The number of hydrogen-bond donors (Lipinski definition) is 2. The Kier molecular flexibility index (Phi) is 3.64. The van der Waals surface area contributed by atoms with E-state index in [-0.39, 0.29) is 22.5 Å². The molecule has 3 N–H and O–H groups in total. The molecule has 9 heteroatoms. The van der Waals surface area contributed by atoms with Gasteiger partial charge in [-0.3, -0.25) is 9.48 Å². The third-order valence-corrected chi connectivity index (χ3v) is 4.72. The van der Waals surface area contributed by atoms with Crippen LogP contribution >= 0.6 is 11.8 Å². The number of anilines is 1. The van der Waals surface area contributed by atoms with Crippen molar-refractivity contribution in [1.82, 2.24) is 9.78 Å². The summed E-state index contributed by atoms with van der Waals surface area (Å²) in [6.45, 7) is 0. The number of nitrogens with one attached hydrogen (secondary N) is 1. The second-order valence-electron chi connectivity index (χ2n) is 4.11. The molecule has 1 unspecified atom stereocenters. The van der Waals surface area contributed by atoms with Crippen LogP contribution in [0, 0.1) is 5.92 Å². The average molecular weight is 290 g/mol. The Morgan fingerprint density at radius 2 is 2.39 bits per heavy atom. The SMILES string of the molecule is Cn1cc(S(N)(=O)=O)c(NC(=O)C2CCSC2)n1. The molecule has 7 nitrogen and oxygen atoms in total. The fraction of sp³-hybridized carbons (Fsp3) is 0.556. The van der Waals surface area contributed by atoms with Gasteiger partial charge in [-0.05, 0) is 12.2 Å². The predicted octanol–water partition coefficient (Wildman–Crippen LogP) is -0.241. The maximum atomic E-state index is 11.9. The van der Waals surface area contributed by atoms with Gasteiger partial charge in [0.2, 0.25) is 15.9 Å². The highest BCUT2D eigenvalue weighted by molar-refractivity contribution is 7.99. The topological polar surface area (TPSA) is 107 Å². The van der Waals surface area contributed by atoms with Gasteiger partial charge in [-0.2, -0.15) is 16.9 Å². The van der Waals surface area contributed by atoms with Crippen LogP contribution in [0.1, 0.15) is 6.42 Å². The quantitative estimate of drug-likeness (QED) is 0.799. The van der Waals surface area contributed by atoms with Gasteiger partial charge in [0.15, 0.2) is 5.82 Å². The Morgan fingerprint density at radius 3 is 2.94 bits per heavy atom. The van der Waals surface area contributed by atoms with Crippen molar-refractivity contribution < 1.29 is 13.2 Å². The van der Waals surface area contributed by atoms with Gasteiger partial charge in [-0.1, -0.05) is 0 Å². The van der Waals surface area contributed by atoms with Crippen molar-refractivity contribution in [1.29, 1.82) is 0 Å². The molecular weight excluding hydrogens is 276 g/mol. The van der Waals surface area contributed by atoms with Gasteiger partial charge >= 0.3 is 0 Å². The Bertz CT molecular complexity index is 560. The summed E-state index contributed by atoms with van der Waals surface area (Å²) < 4.78 is 24.0. The fourth-order valence-corrected chi connectivity index (χ4v) is 3.60. The number of carbonyl (C=O) groups is 1. The molecule has 0 spiro atoms. The summed E-state index contributed by atoms with van der Waals surface area (Å²) in [5, 5.41) is 11.5. The first-order valence-corrected chi connectivity index (χ1v) is 8.03. The number of primary sulfonamides is 1. The van der Waals surface area contributed by atoms with E-state index in [1.165, 1.54) is 10.9 Å². The van der Waals surface area contributed by atoms with E-state index in [0.717, 1.165) is 17.9 Å². The number of carbonyl (C=O) groups excluding carboxylic acids is 1. The zero-order valence-electron chi connectivity index (χ0n) is 9.79. The lowest BCUT2D eigenvalue weighted by Crippen LogP contribution is -2.24. The molecule has 100 valence electrons. The molecule has 0 aromatic carbocycles. The van der Waals surface area contributed by atoms with Crippen LogP contribution in [-0.4, -0.2) is 35.6 Å². The highest BCUT2D eigenvalue weighted by Gasteiger charge is 2.26. The minimum Gasteiger partial charge on any atom is -0.308 e. The van der Waals surface area contributed by atoms with E-state index >= 15 is 0 Å². The van der Waals surface area contributed by atoms with Crippen LogP contribution in [0.25, 0.3) is 0 Å². The molecule has 1 fully saturated rings. The number of nitrogens with zero attached hydrogens (tertiary/aromatic N) is 2. The summed E-state index contributed by atoms with van der Waals surface area (Å²) in [5.41, 5.74) is 0. The van der Waals surface area contributed by atoms with Gasteiger partial charge in [-0.15, -0.1) is 0 Å². The lowest BCUT2D eigenvalue weighted by molar-refractivity contribution is -0.119. The largest absolute Gasteiger partial charge is 0.308 e. The monoisotopic (exact) mass is 290 g/mol. The predicted molar refractivity (Wildman–Crippen MR) is 68.6 cm³/mol. The third kappa shape index (κ3) is 2.85. The summed E-state index contributed by atoms with van der Waals surface area (Å²) in [5.74, 6) is 1.40. The van der Waals surface area contributed by atoms with Gasteiger partial charge in [0.05, 0.1) is 0 Å². The molecule has 0 bridgehead atoms. The molecule has 0 aliphatic carbocycles. The molecule has 18 heavy (non-hydrogen) atoms. The molecule has 0 radical (unpaired) electrons. The fourth-order valence-electron chi connectivity index (χ4n) is 1.72. The van der Waals surface area contributed by atoms with Crippen LogP contribution < -0.4 is 10.5 Å². The van der Waals surface area contributed by atoms with Gasteiger partial charge in [-0.25, -0.2) is 13.6 Å². The molecule has 1 aromatic heterocycles. The van der Waals surface area contributed by atoms with E-state index in [9.17, 15) is 13.2 Å². The Balaban J connectivity index is 2.21. The summed E-state index contributed by atoms with van der Waals surface area (Å²) in [6, 6.07) is 0. The zero-order valence-corrected chi connectivity index (χ0v) is 11.4. The minimum absolute atomic E-state index is 0.00176. The van der Waals surface area contributed by atoms with Crippen molar-refractivity contribution in [3.8, 4) is 0 Å². The summed E-state index contributed by atoms with van der Waals surface area (Å²) in [6.07, 6.45) is 2.07. The van der Waals surface area contributed by atoms with Gasteiger partial charge in [0.25, 0.3) is 0 Å². The minimum atomic E-state index is -3.89. The number of aryl methyl sites for hydroxylation is 1. The van der Waals surface area contributed by atoms with Crippen LogP contribution in [0.5, 0.6) is 0 Å². The molecule has 2 rings (SSSR count). The highest BCUT2D eigenvalue weighted by Crippen LogP contribution is 2.25. The third-order valence-electron chi connectivity index (χ3n) is 2.64. The summed E-state index contributed by atoms with van der Waals surface area (Å²) >= 11 is 1.71. The molecule has 1 aliphatic heterocycles. The first kappa shape index (κ1) is 13.4. The standard InChI is InChI=1S/C9H14N4O3S2/c1-13-4-7(18(10,15)16)8(12-13)11-9(14)6-2-3-17-5-6/h4,6H,2-3,5H2,1H3,(H2,10,15,16)(H,11,12,14). The number of rotatable bonds is 3. The number of aromatic nitrogens is 2. The molecule has 1 atom stereocenters. The van der Waals surface area contributed by atoms with Crippen LogP contribution in [-0.2, 0) is 21.9 Å². The van der Waals surface area contributed by atoms with Crippen LogP contribution in [0.2, 0.25) is 0 Å². The molecule has 0 saturated carbocycles. The normalized spacial score (nSPS) is 20.0. The van der Waals surface area contributed by atoms with Crippen molar-refractivity contribution >= 4 is 33.5 Å². The second-order valence-corrected chi connectivity index (χ2v) is 6.79. The first-order chi connectivity index (χ1) is 8.38. The number of hydrogen-bond acceptors (Lipinski definition) is 5. The molecule has 1 saturated heterocycles. The van der Waals surface area contributed by atoms with E-state index in [0.29, 0.717) is 0 Å². The van der Waals surface area contributed by atoms with E-state index in [2.05, 4.69) is 10.4 Å². The molecule has 2 heterocycles. The van der Waals surface area contributed by atoms with Gasteiger partial charge < -0.3 is 5.32 Å². The van der Waals surface area contributed by atoms with Crippen LogP contribution in [0.3, 0.4) is 0 Å². The number of thioether (sulfide) groups is 1. The van der Waals surface area contributed by atoms with Crippen molar-refractivity contribution in [2.45, 2.75) is 11.3 Å². The van der Waals surface area contributed by atoms with E-state index in [4.69, 9.17) is 5.14 Å². The van der Waals surface area contributed by atoms with Crippen LogP contribution in [0.15, 0.2) is 11.1 Å². The first-order valence-electron chi connectivity index (χ1n) is 5.33. The lowest BCUT2D eigenvalue weighted by atomic mass is 10.1. The number of amides is 1. The van der Waals surface area contributed by atoms with E-state index in [1.807, 2.05) is 0 Å². The van der Waals surface area contributed by atoms with Gasteiger partial charge in [0.1, 0.15) is 4.90 Å². The molecule has 1 aromatic rings. The summed E-state index contributed by atoms with van der Waals surface area (Å²) in [7, 11) is -2.32. The average Bonchev–Trinajstić information content (AvgIpc) is 2.85. The zero-order chi connectivity index (χ0) is 13.3. The smallest absolute Gasteiger partial charge is 0.243 e. The van der Waals surface area contributed by atoms with Crippen LogP contribution in [0.4, 0.5) is 5.82 Å². The van der Waals surface area contributed by atoms with E-state index < -0.39 is 10.0 Å². The Morgan fingerprint density at radius 1 is 1.67 bits per heavy atom. The van der Waals surface area contributed by atoms with Gasteiger partial charge in [0, 0.05) is 24.9 Å². The molecule has 1 aliphatic rings. The van der Waals surface area contributed by atoms with Crippen molar-refractivity contribution in [2.24, 2.45) is 18.1 Å². The van der Waals surface area contributed by atoms with E-state index in [1.54, 1.807) is 18.8 Å². The number of nitrogens with two attached hydrogens (primary N) is 1. The Labute approximate surface area is 109 Å².